The number of fused-ring (bicyclic) bond motifs is 1. The summed E-state index contributed by atoms with van der Waals surface area (Å²) in [6.45, 7) is 0.700. The van der Waals surface area contributed by atoms with Crippen LogP contribution in [-0.2, 0) is 4.79 Å². The van der Waals surface area contributed by atoms with Gasteiger partial charge < -0.3 is 4.90 Å². The van der Waals surface area contributed by atoms with Gasteiger partial charge >= 0.3 is 0 Å². The van der Waals surface area contributed by atoms with E-state index in [0.717, 1.165) is 29.3 Å². The van der Waals surface area contributed by atoms with E-state index in [2.05, 4.69) is 21.3 Å². The molecule has 0 radical (unpaired) electrons. The van der Waals surface area contributed by atoms with Crippen molar-refractivity contribution >= 4 is 23.2 Å². The minimum absolute atomic E-state index is 0.0162. The summed E-state index contributed by atoms with van der Waals surface area (Å²) < 4.78 is 17.7. The zero-order valence-electron chi connectivity index (χ0n) is 17.1. The lowest BCUT2D eigenvalue weighted by Crippen LogP contribution is -2.36. The first-order chi connectivity index (χ1) is 15.5. The fraction of sp³-hybridized carbons (Fsp3) is 0.227. The van der Waals surface area contributed by atoms with E-state index in [0.29, 0.717) is 28.9 Å². The second-order valence-electron chi connectivity index (χ2n) is 7.62. The number of pyridine rings is 2. The van der Waals surface area contributed by atoms with Gasteiger partial charge in [0.2, 0.25) is 5.91 Å². The van der Waals surface area contributed by atoms with Crippen LogP contribution >= 0.6 is 11.8 Å². The van der Waals surface area contributed by atoms with Crippen molar-refractivity contribution in [3.63, 3.8) is 0 Å². The molecule has 8 nitrogen and oxygen atoms in total. The molecule has 160 valence electrons. The number of hydrogen-bond acceptors (Lipinski definition) is 6. The Morgan fingerprint density at radius 3 is 2.91 bits per heavy atom. The van der Waals surface area contributed by atoms with Gasteiger partial charge in [-0.3, -0.25) is 9.48 Å². The number of rotatable bonds is 4. The maximum absolute atomic E-state index is 14.3. The van der Waals surface area contributed by atoms with E-state index in [4.69, 9.17) is 0 Å². The molecule has 4 aromatic rings. The van der Waals surface area contributed by atoms with Gasteiger partial charge in [0.1, 0.15) is 11.1 Å². The highest BCUT2D eigenvalue weighted by Gasteiger charge is 2.25. The van der Waals surface area contributed by atoms with Crippen molar-refractivity contribution in [1.29, 1.82) is 5.26 Å². The number of nitrogens with zero attached hydrogens (tertiary/aromatic N) is 7. The Kier molecular flexibility index (Phi) is 5.11. The molecule has 10 heteroatoms. The van der Waals surface area contributed by atoms with Gasteiger partial charge in [-0.25, -0.2) is 13.9 Å². The maximum Gasteiger partial charge on any atom is 0.224 e. The van der Waals surface area contributed by atoms with Crippen LogP contribution in [0.5, 0.6) is 0 Å². The third-order valence-electron chi connectivity index (χ3n) is 5.57. The fourth-order valence-corrected chi connectivity index (χ4v) is 4.77. The second-order valence-corrected chi connectivity index (χ2v) is 8.65. The molecule has 5 rings (SSSR count). The third-order valence-corrected chi connectivity index (χ3v) is 6.60. The smallest absolute Gasteiger partial charge is 0.224 e. The molecule has 0 spiro atoms. The lowest BCUT2D eigenvalue weighted by atomic mass is 10.1. The normalized spacial score (nSPS) is 16.5. The van der Waals surface area contributed by atoms with Crippen molar-refractivity contribution in [2.24, 2.45) is 0 Å². The Morgan fingerprint density at radius 1 is 1.25 bits per heavy atom. The zero-order chi connectivity index (χ0) is 22.2. The van der Waals surface area contributed by atoms with Gasteiger partial charge in [0, 0.05) is 54.6 Å². The van der Waals surface area contributed by atoms with E-state index < -0.39 is 5.82 Å². The Morgan fingerprint density at radius 2 is 2.12 bits per heavy atom. The van der Waals surface area contributed by atoms with Crippen molar-refractivity contribution in [3.05, 3.63) is 60.6 Å². The summed E-state index contributed by atoms with van der Waals surface area (Å²) in [7, 11) is 1.81. The van der Waals surface area contributed by atoms with E-state index >= 15 is 0 Å². The number of hydrogen-bond donors (Lipinski definition) is 0. The standard InChI is InChI=1S/C22H18FN7OS/c1-28-6-4-17(8-20(28)31)29-13-16(11-26-29)14-7-19(32-22-18(23)3-2-5-25-22)21-15(9-24)10-27-30(21)12-14/h2-3,5,7,10-13,17H,4,6,8H2,1H3. The van der Waals surface area contributed by atoms with Gasteiger partial charge in [0.05, 0.1) is 29.5 Å². The Bertz CT molecular complexity index is 1370. The Balaban J connectivity index is 1.54. The van der Waals surface area contributed by atoms with E-state index in [-0.39, 0.29) is 17.0 Å². The average Bonchev–Trinajstić information content (AvgIpc) is 3.44. The summed E-state index contributed by atoms with van der Waals surface area (Å²) in [5.41, 5.74) is 2.65. The Labute approximate surface area is 187 Å². The molecule has 1 atom stereocenters. The topological polar surface area (TPSA) is 92.1 Å². The molecule has 32 heavy (non-hydrogen) atoms. The van der Waals surface area contributed by atoms with Crippen molar-refractivity contribution in [2.75, 3.05) is 13.6 Å². The fourth-order valence-electron chi connectivity index (χ4n) is 3.79. The number of halogens is 1. The average molecular weight is 447 g/mol. The largest absolute Gasteiger partial charge is 0.346 e. The second kappa shape index (κ2) is 8.09. The van der Waals surface area contributed by atoms with Crippen molar-refractivity contribution in [3.8, 4) is 17.2 Å². The molecule has 1 unspecified atom stereocenters. The summed E-state index contributed by atoms with van der Waals surface area (Å²) in [4.78, 5) is 18.6. The van der Waals surface area contributed by atoms with Crippen molar-refractivity contribution < 1.29 is 9.18 Å². The van der Waals surface area contributed by atoms with Gasteiger partial charge in [-0.1, -0.05) is 11.8 Å². The van der Waals surface area contributed by atoms with E-state index in [1.165, 1.54) is 24.5 Å². The molecule has 0 saturated carbocycles. The zero-order valence-corrected chi connectivity index (χ0v) is 18.0. The summed E-state index contributed by atoms with van der Waals surface area (Å²) in [5.74, 6) is -0.324. The monoisotopic (exact) mass is 447 g/mol. The number of carbonyl (C=O) groups excluding carboxylic acids is 1. The molecule has 5 heterocycles. The van der Waals surface area contributed by atoms with Crippen LogP contribution in [0.4, 0.5) is 4.39 Å². The molecule has 0 N–H and O–H groups in total. The van der Waals surface area contributed by atoms with Crippen LogP contribution in [-0.4, -0.2) is 48.8 Å². The van der Waals surface area contributed by atoms with Crippen LogP contribution < -0.4 is 0 Å². The molecule has 4 aromatic heterocycles. The van der Waals surface area contributed by atoms with Gasteiger partial charge in [0.25, 0.3) is 0 Å². The predicted octanol–water partition coefficient (Wildman–Crippen LogP) is 3.55. The molecule has 1 saturated heterocycles. The molecule has 0 aromatic carbocycles. The number of nitriles is 1. The highest BCUT2D eigenvalue weighted by molar-refractivity contribution is 7.99. The summed E-state index contributed by atoms with van der Waals surface area (Å²) in [6.07, 6.45) is 9.75. The number of aromatic nitrogens is 5. The van der Waals surface area contributed by atoms with Crippen LogP contribution in [0.2, 0.25) is 0 Å². The first-order valence-electron chi connectivity index (χ1n) is 10.0. The molecule has 1 aliphatic heterocycles. The highest BCUT2D eigenvalue weighted by Crippen LogP contribution is 2.36. The number of amides is 1. The van der Waals surface area contributed by atoms with Crippen molar-refractivity contribution in [2.45, 2.75) is 28.8 Å². The van der Waals surface area contributed by atoms with Gasteiger partial charge in [-0.05, 0) is 24.6 Å². The lowest BCUT2D eigenvalue weighted by molar-refractivity contribution is -0.133. The SMILES string of the molecule is CN1CCC(n2cc(-c3cc(Sc4ncccc4F)c4c(C#N)cnn4c3)cn2)CC1=O. The lowest BCUT2D eigenvalue weighted by Gasteiger charge is -2.28. The molecule has 0 aliphatic carbocycles. The number of piperidine rings is 1. The first-order valence-corrected chi connectivity index (χ1v) is 10.8. The molecule has 1 aliphatic rings. The van der Waals surface area contributed by atoms with Crippen LogP contribution in [0.3, 0.4) is 0 Å². The van der Waals surface area contributed by atoms with E-state index in [9.17, 15) is 14.4 Å². The Hall–Kier alpha value is -3.71. The van der Waals surface area contributed by atoms with Gasteiger partial charge in [-0.15, -0.1) is 0 Å². The molecule has 0 bridgehead atoms. The number of carbonyl (C=O) groups is 1. The summed E-state index contributed by atoms with van der Waals surface area (Å²) in [6, 6.07) is 6.93. The van der Waals surface area contributed by atoms with Crippen LogP contribution in [0.25, 0.3) is 16.6 Å². The molecule has 1 amide bonds. The highest BCUT2D eigenvalue weighted by atomic mass is 32.2. The van der Waals surface area contributed by atoms with E-state index in [1.807, 2.05) is 30.2 Å². The maximum atomic E-state index is 14.3. The first kappa shape index (κ1) is 20.2. The molecule has 1 fully saturated rings. The minimum Gasteiger partial charge on any atom is -0.346 e. The molecular weight excluding hydrogens is 429 g/mol. The summed E-state index contributed by atoms with van der Waals surface area (Å²) in [5, 5.41) is 18.5. The predicted molar refractivity (Wildman–Crippen MR) is 115 cm³/mol. The number of likely N-dealkylation sites (tertiary alicyclic amines) is 1. The van der Waals surface area contributed by atoms with Gasteiger partial charge in [0.15, 0.2) is 5.82 Å². The third kappa shape index (κ3) is 3.61. The van der Waals surface area contributed by atoms with Crippen molar-refractivity contribution in [1.82, 2.24) is 29.3 Å². The quantitative estimate of drug-likeness (QED) is 0.475. The van der Waals surface area contributed by atoms with Gasteiger partial charge in [-0.2, -0.15) is 15.5 Å². The van der Waals surface area contributed by atoms with Crippen LogP contribution in [0, 0.1) is 17.1 Å². The van der Waals surface area contributed by atoms with Crippen LogP contribution in [0.15, 0.2) is 59.1 Å². The summed E-state index contributed by atoms with van der Waals surface area (Å²) >= 11 is 1.15. The molecular formula is C22H18FN7OS. The van der Waals surface area contributed by atoms with Crippen LogP contribution in [0.1, 0.15) is 24.4 Å². The minimum atomic E-state index is -0.432. The van der Waals surface area contributed by atoms with E-state index in [1.54, 1.807) is 15.6 Å².